The molecule has 0 bridgehead atoms. The van der Waals surface area contributed by atoms with E-state index in [0.717, 1.165) is 31.9 Å². The van der Waals surface area contributed by atoms with Gasteiger partial charge < -0.3 is 10.2 Å². The Bertz CT molecular complexity index is 711. The minimum absolute atomic E-state index is 0.0987. The van der Waals surface area contributed by atoms with Crippen molar-refractivity contribution in [2.45, 2.75) is 13.0 Å². The van der Waals surface area contributed by atoms with E-state index in [-0.39, 0.29) is 5.91 Å². The van der Waals surface area contributed by atoms with Crippen molar-refractivity contribution < 1.29 is 4.79 Å². The molecule has 2 heterocycles. The van der Waals surface area contributed by atoms with E-state index in [4.69, 9.17) is 0 Å². The number of benzene rings is 1. The summed E-state index contributed by atoms with van der Waals surface area (Å²) in [4.78, 5) is 24.7. The average molecular weight is 351 g/mol. The molecule has 136 valence electrons. The molecule has 0 saturated carbocycles. The Labute approximate surface area is 154 Å². The molecule has 1 aliphatic heterocycles. The van der Waals surface area contributed by atoms with E-state index in [0.29, 0.717) is 12.6 Å². The zero-order valence-electron chi connectivity index (χ0n) is 15.1. The van der Waals surface area contributed by atoms with Gasteiger partial charge in [0.2, 0.25) is 5.91 Å². The molecule has 0 spiro atoms. The lowest BCUT2D eigenvalue weighted by atomic mass is 10.2. The lowest BCUT2D eigenvalue weighted by Gasteiger charge is -2.39. The van der Waals surface area contributed by atoms with Crippen molar-refractivity contribution >= 4 is 17.7 Å². The Morgan fingerprint density at radius 3 is 2.65 bits per heavy atom. The van der Waals surface area contributed by atoms with Crippen LogP contribution in [0, 0.1) is 0 Å². The van der Waals surface area contributed by atoms with Crippen LogP contribution in [0.5, 0.6) is 0 Å². The first kappa shape index (κ1) is 18.1. The molecule has 1 fully saturated rings. The van der Waals surface area contributed by atoms with Crippen LogP contribution in [0.1, 0.15) is 12.6 Å². The molecule has 6 nitrogen and oxygen atoms in total. The average Bonchev–Trinajstić information content (AvgIpc) is 2.72. The second kappa shape index (κ2) is 9.10. The zero-order valence-corrected chi connectivity index (χ0v) is 15.1. The molecule has 0 radical (unpaired) electrons. The van der Waals surface area contributed by atoms with Gasteiger partial charge in [-0.25, -0.2) is 9.97 Å². The highest BCUT2D eigenvalue weighted by atomic mass is 16.1. The second-order valence-corrected chi connectivity index (χ2v) is 6.42. The van der Waals surface area contributed by atoms with Crippen molar-refractivity contribution in [3.63, 3.8) is 0 Å². The molecule has 1 aliphatic rings. The van der Waals surface area contributed by atoms with Gasteiger partial charge in [0.15, 0.2) is 0 Å². The van der Waals surface area contributed by atoms with Crippen LogP contribution in [0.15, 0.2) is 55.0 Å². The number of amides is 1. The lowest BCUT2D eigenvalue weighted by Crippen LogP contribution is -2.52. The van der Waals surface area contributed by atoms with E-state index in [2.05, 4.69) is 56.3 Å². The third-order valence-electron chi connectivity index (χ3n) is 4.64. The largest absolute Gasteiger partial charge is 0.369 e. The van der Waals surface area contributed by atoms with Crippen LogP contribution in [0.2, 0.25) is 0 Å². The summed E-state index contributed by atoms with van der Waals surface area (Å²) >= 11 is 0. The van der Waals surface area contributed by atoms with Gasteiger partial charge in [-0.2, -0.15) is 0 Å². The standard InChI is InChI=1S/C20H25N5O/c1-17(15-22-20(26)8-7-18-9-10-21-16-23-18)24-11-13-25(14-12-24)19-5-3-2-4-6-19/h2-10,16-17H,11-15H2,1H3,(H,22,26)/b8-7+. The molecular formula is C20H25N5O. The molecule has 1 amide bonds. The number of nitrogens with one attached hydrogen (secondary N) is 1. The molecule has 1 saturated heterocycles. The maximum absolute atomic E-state index is 12.0. The maximum atomic E-state index is 12.0. The summed E-state index contributed by atoms with van der Waals surface area (Å²) in [5, 5.41) is 2.97. The lowest BCUT2D eigenvalue weighted by molar-refractivity contribution is -0.116. The zero-order chi connectivity index (χ0) is 18.2. The number of hydrogen-bond donors (Lipinski definition) is 1. The minimum atomic E-state index is -0.0987. The number of nitrogens with zero attached hydrogens (tertiary/aromatic N) is 4. The van der Waals surface area contributed by atoms with E-state index in [1.54, 1.807) is 18.3 Å². The van der Waals surface area contributed by atoms with Crippen LogP contribution in [-0.2, 0) is 4.79 Å². The summed E-state index contributed by atoms with van der Waals surface area (Å²) in [5.74, 6) is -0.0987. The van der Waals surface area contributed by atoms with E-state index in [1.165, 1.54) is 18.1 Å². The molecule has 3 rings (SSSR count). The number of anilines is 1. The number of carbonyl (C=O) groups is 1. The molecule has 1 aromatic heterocycles. The van der Waals surface area contributed by atoms with Crippen LogP contribution in [0.3, 0.4) is 0 Å². The Balaban J connectivity index is 1.41. The predicted molar refractivity (Wildman–Crippen MR) is 104 cm³/mol. The summed E-state index contributed by atoms with van der Waals surface area (Å²) in [6.07, 6.45) is 6.33. The summed E-state index contributed by atoms with van der Waals surface area (Å²) < 4.78 is 0. The van der Waals surface area contributed by atoms with E-state index >= 15 is 0 Å². The maximum Gasteiger partial charge on any atom is 0.244 e. The Morgan fingerprint density at radius 2 is 1.96 bits per heavy atom. The molecule has 26 heavy (non-hydrogen) atoms. The number of carbonyl (C=O) groups excluding carboxylic acids is 1. The number of aromatic nitrogens is 2. The van der Waals surface area contributed by atoms with Gasteiger partial charge in [-0.15, -0.1) is 0 Å². The SMILES string of the molecule is CC(CNC(=O)/C=C/c1ccncn1)N1CCN(c2ccccc2)CC1. The number of hydrogen-bond acceptors (Lipinski definition) is 5. The number of para-hydroxylation sites is 1. The first-order valence-electron chi connectivity index (χ1n) is 8.98. The highest BCUT2D eigenvalue weighted by molar-refractivity contribution is 5.91. The van der Waals surface area contributed by atoms with E-state index in [9.17, 15) is 4.79 Å². The fourth-order valence-corrected chi connectivity index (χ4v) is 3.06. The molecule has 6 heteroatoms. The summed E-state index contributed by atoms with van der Waals surface area (Å²) in [6, 6.07) is 12.6. The van der Waals surface area contributed by atoms with Crippen LogP contribution < -0.4 is 10.2 Å². The smallest absolute Gasteiger partial charge is 0.244 e. The number of piperazine rings is 1. The molecule has 1 atom stereocenters. The van der Waals surface area contributed by atoms with Gasteiger partial charge in [0.1, 0.15) is 6.33 Å². The van der Waals surface area contributed by atoms with Gasteiger partial charge in [-0.3, -0.25) is 9.69 Å². The van der Waals surface area contributed by atoms with Crippen LogP contribution in [0.4, 0.5) is 5.69 Å². The van der Waals surface area contributed by atoms with Gasteiger partial charge in [0.25, 0.3) is 0 Å². The summed E-state index contributed by atoms with van der Waals surface area (Å²) in [7, 11) is 0. The van der Waals surface area contributed by atoms with Gasteiger partial charge in [0.05, 0.1) is 5.69 Å². The Morgan fingerprint density at radius 1 is 1.19 bits per heavy atom. The first-order chi connectivity index (χ1) is 12.7. The quantitative estimate of drug-likeness (QED) is 0.805. The summed E-state index contributed by atoms with van der Waals surface area (Å²) in [5.41, 5.74) is 2.00. The Kier molecular flexibility index (Phi) is 6.33. The van der Waals surface area contributed by atoms with Crippen molar-refractivity contribution in [2.75, 3.05) is 37.6 Å². The van der Waals surface area contributed by atoms with Gasteiger partial charge >= 0.3 is 0 Å². The topological polar surface area (TPSA) is 61.4 Å². The van der Waals surface area contributed by atoms with Crippen molar-refractivity contribution in [1.29, 1.82) is 0 Å². The fourth-order valence-electron chi connectivity index (χ4n) is 3.06. The third-order valence-corrected chi connectivity index (χ3v) is 4.64. The van der Waals surface area contributed by atoms with Crippen molar-refractivity contribution in [3.8, 4) is 0 Å². The highest BCUT2D eigenvalue weighted by Crippen LogP contribution is 2.16. The first-order valence-corrected chi connectivity index (χ1v) is 8.98. The van der Waals surface area contributed by atoms with Crippen LogP contribution in [0.25, 0.3) is 6.08 Å². The predicted octanol–water partition coefficient (Wildman–Crippen LogP) is 1.82. The van der Waals surface area contributed by atoms with Crippen molar-refractivity contribution in [1.82, 2.24) is 20.2 Å². The monoisotopic (exact) mass is 351 g/mol. The minimum Gasteiger partial charge on any atom is -0.369 e. The van der Waals surface area contributed by atoms with E-state index in [1.807, 2.05) is 6.07 Å². The Hall–Kier alpha value is -2.73. The van der Waals surface area contributed by atoms with Crippen molar-refractivity contribution in [2.24, 2.45) is 0 Å². The molecule has 1 aromatic carbocycles. The highest BCUT2D eigenvalue weighted by Gasteiger charge is 2.21. The summed E-state index contributed by atoms with van der Waals surface area (Å²) in [6.45, 7) is 6.82. The fraction of sp³-hybridized carbons (Fsp3) is 0.350. The van der Waals surface area contributed by atoms with Gasteiger partial charge in [-0.05, 0) is 31.2 Å². The van der Waals surface area contributed by atoms with Gasteiger partial charge in [0, 0.05) is 56.7 Å². The van der Waals surface area contributed by atoms with E-state index < -0.39 is 0 Å². The molecule has 1 N–H and O–H groups in total. The molecular weight excluding hydrogens is 326 g/mol. The second-order valence-electron chi connectivity index (χ2n) is 6.42. The van der Waals surface area contributed by atoms with Crippen LogP contribution in [-0.4, -0.2) is 59.5 Å². The number of rotatable bonds is 6. The third kappa shape index (κ3) is 5.13. The van der Waals surface area contributed by atoms with Crippen molar-refractivity contribution in [3.05, 3.63) is 60.7 Å². The molecule has 0 aliphatic carbocycles. The normalized spacial score (nSPS) is 16.6. The van der Waals surface area contributed by atoms with Gasteiger partial charge in [-0.1, -0.05) is 18.2 Å². The molecule has 2 aromatic rings. The van der Waals surface area contributed by atoms with Crippen LogP contribution >= 0.6 is 0 Å². The molecule has 1 unspecified atom stereocenters.